The van der Waals surface area contributed by atoms with E-state index in [0.717, 1.165) is 32.5 Å². The molecule has 1 fully saturated rings. The number of hydrogen-bond donors (Lipinski definition) is 1. The van der Waals surface area contributed by atoms with Crippen molar-refractivity contribution in [2.24, 2.45) is 5.92 Å². The normalized spacial score (nSPS) is 19.9. The third kappa shape index (κ3) is 4.62. The van der Waals surface area contributed by atoms with Crippen molar-refractivity contribution in [3.63, 3.8) is 0 Å². The molecule has 2 rings (SSSR count). The zero-order valence-corrected chi connectivity index (χ0v) is 12.0. The topological polar surface area (TPSA) is 49.8 Å². The van der Waals surface area contributed by atoms with Crippen molar-refractivity contribution in [2.45, 2.75) is 32.4 Å². The number of carboxylic acid groups (broad SMARTS) is 1. The number of aliphatic carboxylic acids is 1. The summed E-state index contributed by atoms with van der Waals surface area (Å²) in [5.41, 5.74) is 2.46. The maximum atomic E-state index is 10.8. The van der Waals surface area contributed by atoms with Crippen LogP contribution in [0.3, 0.4) is 0 Å². The van der Waals surface area contributed by atoms with Crippen LogP contribution in [0.4, 0.5) is 0 Å². The van der Waals surface area contributed by atoms with Crippen LogP contribution >= 0.6 is 0 Å². The molecule has 0 aliphatic carbocycles. The van der Waals surface area contributed by atoms with Crippen molar-refractivity contribution >= 4 is 5.97 Å². The van der Waals surface area contributed by atoms with Crippen LogP contribution in [0.1, 0.15) is 30.4 Å². The molecule has 4 nitrogen and oxygen atoms in total. The van der Waals surface area contributed by atoms with E-state index in [1.807, 2.05) is 0 Å². The first-order valence-electron chi connectivity index (χ1n) is 7.18. The molecule has 0 bridgehead atoms. The Morgan fingerprint density at radius 2 is 2.25 bits per heavy atom. The summed E-state index contributed by atoms with van der Waals surface area (Å²) in [7, 11) is 1.70. The lowest BCUT2D eigenvalue weighted by Gasteiger charge is -2.32. The summed E-state index contributed by atoms with van der Waals surface area (Å²) >= 11 is 0. The van der Waals surface area contributed by atoms with E-state index in [1.165, 1.54) is 11.1 Å². The molecule has 0 amide bonds. The number of nitrogens with zero attached hydrogens (tertiary/aromatic N) is 1. The Balaban J connectivity index is 1.91. The fraction of sp³-hybridized carbons (Fsp3) is 0.562. The van der Waals surface area contributed by atoms with Crippen molar-refractivity contribution in [1.29, 1.82) is 0 Å². The Labute approximate surface area is 120 Å². The zero-order valence-electron chi connectivity index (χ0n) is 12.0. The third-order valence-corrected chi connectivity index (χ3v) is 3.77. The van der Waals surface area contributed by atoms with Crippen molar-refractivity contribution in [1.82, 2.24) is 4.90 Å². The fourth-order valence-electron chi connectivity index (χ4n) is 2.95. The van der Waals surface area contributed by atoms with Gasteiger partial charge in [-0.2, -0.15) is 0 Å². The quantitative estimate of drug-likeness (QED) is 0.868. The van der Waals surface area contributed by atoms with E-state index < -0.39 is 5.97 Å². The Hall–Kier alpha value is -1.39. The second kappa shape index (κ2) is 7.41. The number of methoxy groups -OCH3 is 1. The van der Waals surface area contributed by atoms with Crippen LogP contribution in [0, 0.1) is 5.92 Å². The van der Waals surface area contributed by atoms with Crippen LogP contribution in [-0.2, 0) is 22.7 Å². The molecule has 1 saturated heterocycles. The molecule has 4 heteroatoms. The average molecular weight is 277 g/mol. The van der Waals surface area contributed by atoms with E-state index in [-0.39, 0.29) is 0 Å². The summed E-state index contributed by atoms with van der Waals surface area (Å²) in [4.78, 5) is 13.2. The van der Waals surface area contributed by atoms with Gasteiger partial charge in [0, 0.05) is 26.6 Å². The minimum absolute atomic E-state index is 0.292. The lowest BCUT2D eigenvalue weighted by Crippen LogP contribution is -2.35. The minimum atomic E-state index is -0.682. The molecule has 0 radical (unpaired) electrons. The molecule has 1 unspecified atom stereocenters. The molecule has 1 heterocycles. The van der Waals surface area contributed by atoms with Gasteiger partial charge in [-0.25, -0.2) is 0 Å². The number of hydrogen-bond acceptors (Lipinski definition) is 3. The predicted molar refractivity (Wildman–Crippen MR) is 77.4 cm³/mol. The smallest absolute Gasteiger partial charge is 0.303 e. The van der Waals surface area contributed by atoms with Crippen molar-refractivity contribution in [3.8, 4) is 0 Å². The highest BCUT2D eigenvalue weighted by Crippen LogP contribution is 2.21. The van der Waals surface area contributed by atoms with E-state index in [1.54, 1.807) is 7.11 Å². The van der Waals surface area contributed by atoms with Crippen molar-refractivity contribution in [2.75, 3.05) is 20.2 Å². The van der Waals surface area contributed by atoms with E-state index >= 15 is 0 Å². The number of benzene rings is 1. The van der Waals surface area contributed by atoms with Crippen LogP contribution < -0.4 is 0 Å². The standard InChI is InChI=1S/C16H23NO3/c1-20-12-15-5-2-4-13(8-15)10-17-7-3-6-14(11-17)9-16(18)19/h2,4-5,8,14H,3,6-7,9-12H2,1H3,(H,18,19). The van der Waals surface area contributed by atoms with Gasteiger partial charge in [0.05, 0.1) is 6.61 Å². The van der Waals surface area contributed by atoms with Crippen LogP contribution in [-0.4, -0.2) is 36.2 Å². The highest BCUT2D eigenvalue weighted by atomic mass is 16.5. The number of ether oxygens (including phenoxy) is 1. The van der Waals surface area contributed by atoms with Gasteiger partial charge in [-0.05, 0) is 36.4 Å². The largest absolute Gasteiger partial charge is 0.481 e. The molecule has 110 valence electrons. The summed E-state index contributed by atoms with van der Waals surface area (Å²) in [5.74, 6) is -0.387. The van der Waals surface area contributed by atoms with E-state index in [2.05, 4.69) is 29.2 Å². The Morgan fingerprint density at radius 1 is 1.45 bits per heavy atom. The summed E-state index contributed by atoms with van der Waals surface area (Å²) in [6.07, 6.45) is 2.42. The van der Waals surface area contributed by atoms with Gasteiger partial charge in [-0.3, -0.25) is 9.69 Å². The molecular weight excluding hydrogens is 254 g/mol. The molecular formula is C16H23NO3. The molecule has 1 atom stereocenters. The molecule has 0 spiro atoms. The number of piperidine rings is 1. The zero-order chi connectivity index (χ0) is 14.4. The average Bonchev–Trinajstić information content (AvgIpc) is 2.39. The molecule has 20 heavy (non-hydrogen) atoms. The first-order valence-corrected chi connectivity index (χ1v) is 7.18. The number of rotatable bonds is 6. The maximum Gasteiger partial charge on any atom is 0.303 e. The number of carbonyl (C=O) groups is 1. The summed E-state index contributed by atoms with van der Waals surface area (Å²) in [6, 6.07) is 8.42. The second-order valence-corrected chi connectivity index (χ2v) is 5.59. The van der Waals surface area contributed by atoms with E-state index in [4.69, 9.17) is 9.84 Å². The van der Waals surface area contributed by atoms with Crippen LogP contribution in [0.25, 0.3) is 0 Å². The third-order valence-electron chi connectivity index (χ3n) is 3.77. The fourth-order valence-corrected chi connectivity index (χ4v) is 2.95. The van der Waals surface area contributed by atoms with Gasteiger partial charge in [-0.1, -0.05) is 24.3 Å². The van der Waals surface area contributed by atoms with Gasteiger partial charge in [-0.15, -0.1) is 0 Å². The van der Waals surface area contributed by atoms with Crippen LogP contribution in [0.5, 0.6) is 0 Å². The van der Waals surface area contributed by atoms with Crippen molar-refractivity contribution < 1.29 is 14.6 Å². The van der Waals surface area contributed by atoms with Gasteiger partial charge in [0.15, 0.2) is 0 Å². The van der Waals surface area contributed by atoms with Gasteiger partial charge in [0.1, 0.15) is 0 Å². The van der Waals surface area contributed by atoms with E-state index in [0.29, 0.717) is 18.9 Å². The lowest BCUT2D eigenvalue weighted by molar-refractivity contribution is -0.138. The molecule has 1 aliphatic rings. The molecule has 1 N–H and O–H groups in total. The van der Waals surface area contributed by atoms with Gasteiger partial charge >= 0.3 is 5.97 Å². The molecule has 1 aromatic rings. The van der Waals surface area contributed by atoms with Crippen molar-refractivity contribution in [3.05, 3.63) is 35.4 Å². The van der Waals surface area contributed by atoms with Gasteiger partial charge in [0.25, 0.3) is 0 Å². The van der Waals surface area contributed by atoms with Gasteiger partial charge < -0.3 is 9.84 Å². The maximum absolute atomic E-state index is 10.8. The van der Waals surface area contributed by atoms with Crippen LogP contribution in [0.15, 0.2) is 24.3 Å². The molecule has 1 aliphatic heterocycles. The molecule has 0 saturated carbocycles. The number of likely N-dealkylation sites (tertiary alicyclic amines) is 1. The Kier molecular flexibility index (Phi) is 5.56. The SMILES string of the molecule is COCc1cccc(CN2CCCC(CC(=O)O)C2)c1. The summed E-state index contributed by atoms with van der Waals surface area (Å²) in [6.45, 7) is 3.48. The summed E-state index contributed by atoms with van der Waals surface area (Å²) in [5, 5.41) is 8.90. The highest BCUT2D eigenvalue weighted by Gasteiger charge is 2.21. The number of carboxylic acids is 1. The monoisotopic (exact) mass is 277 g/mol. The highest BCUT2D eigenvalue weighted by molar-refractivity contribution is 5.67. The first-order chi connectivity index (χ1) is 9.67. The second-order valence-electron chi connectivity index (χ2n) is 5.59. The predicted octanol–water partition coefficient (Wildman–Crippen LogP) is 2.52. The molecule has 0 aromatic heterocycles. The lowest BCUT2D eigenvalue weighted by atomic mass is 9.94. The minimum Gasteiger partial charge on any atom is -0.481 e. The van der Waals surface area contributed by atoms with Crippen LogP contribution in [0.2, 0.25) is 0 Å². The Morgan fingerprint density at radius 3 is 3.00 bits per heavy atom. The Bertz CT molecular complexity index is 447. The van der Waals surface area contributed by atoms with Gasteiger partial charge in [0.2, 0.25) is 0 Å². The molecule has 1 aromatic carbocycles. The summed E-state index contributed by atoms with van der Waals surface area (Å²) < 4.78 is 5.15. The first kappa shape index (κ1) is 15.0. The van der Waals surface area contributed by atoms with E-state index in [9.17, 15) is 4.79 Å².